The summed E-state index contributed by atoms with van der Waals surface area (Å²) in [6, 6.07) is 13.5. The van der Waals surface area contributed by atoms with Crippen molar-refractivity contribution in [2.75, 3.05) is 23.3 Å². The number of aryl methyl sites for hydroxylation is 2. The lowest BCUT2D eigenvalue weighted by Gasteiger charge is -2.30. The first-order chi connectivity index (χ1) is 13.0. The molecule has 27 heavy (non-hydrogen) atoms. The van der Waals surface area contributed by atoms with Crippen molar-refractivity contribution in [1.82, 2.24) is 0 Å². The summed E-state index contributed by atoms with van der Waals surface area (Å²) in [5.41, 5.74) is 9.80. The maximum Gasteiger partial charge on any atom is 0.248 e. The molecule has 0 radical (unpaired) electrons. The molecule has 2 amide bonds. The number of primary amides is 1. The fourth-order valence-electron chi connectivity index (χ4n) is 3.43. The lowest BCUT2D eigenvalue weighted by molar-refractivity contribution is -0.116. The quantitative estimate of drug-likeness (QED) is 0.820. The van der Waals surface area contributed by atoms with Crippen LogP contribution in [-0.4, -0.2) is 24.9 Å². The van der Waals surface area contributed by atoms with Gasteiger partial charge in [0.15, 0.2) is 0 Å². The first-order valence-corrected chi connectivity index (χ1v) is 9.57. The van der Waals surface area contributed by atoms with Crippen LogP contribution < -0.4 is 16.0 Å². The van der Waals surface area contributed by atoms with Gasteiger partial charge in [-0.15, -0.1) is 0 Å². The Hall–Kier alpha value is -2.82. The summed E-state index contributed by atoms with van der Waals surface area (Å²) in [5, 5.41) is 3.00. The maximum atomic E-state index is 12.5. The predicted molar refractivity (Wildman–Crippen MR) is 109 cm³/mol. The summed E-state index contributed by atoms with van der Waals surface area (Å²) in [4.78, 5) is 26.4. The van der Waals surface area contributed by atoms with Crippen molar-refractivity contribution in [3.8, 4) is 0 Å². The lowest BCUT2D eigenvalue weighted by atomic mass is 10.1. The second-order valence-corrected chi connectivity index (χ2v) is 7.18. The van der Waals surface area contributed by atoms with Gasteiger partial charge in [-0.3, -0.25) is 9.59 Å². The molecule has 2 aromatic carbocycles. The smallest absolute Gasteiger partial charge is 0.248 e. The van der Waals surface area contributed by atoms with E-state index in [-0.39, 0.29) is 5.91 Å². The highest BCUT2D eigenvalue weighted by Crippen LogP contribution is 2.30. The van der Waals surface area contributed by atoms with Crippen LogP contribution in [-0.2, 0) is 11.2 Å². The highest BCUT2D eigenvalue weighted by atomic mass is 16.2. The number of rotatable bonds is 6. The van der Waals surface area contributed by atoms with Crippen LogP contribution in [0.4, 0.5) is 11.4 Å². The molecule has 0 aromatic heterocycles. The minimum absolute atomic E-state index is 0.0598. The Morgan fingerprint density at radius 1 is 1.04 bits per heavy atom. The van der Waals surface area contributed by atoms with E-state index in [1.54, 1.807) is 12.1 Å². The topological polar surface area (TPSA) is 75.4 Å². The van der Waals surface area contributed by atoms with Crippen LogP contribution in [0.5, 0.6) is 0 Å². The number of piperidine rings is 1. The van der Waals surface area contributed by atoms with Crippen LogP contribution in [0.3, 0.4) is 0 Å². The molecule has 1 aliphatic heterocycles. The number of nitrogens with two attached hydrogens (primary N) is 1. The molecule has 0 unspecified atom stereocenters. The van der Waals surface area contributed by atoms with Crippen molar-refractivity contribution in [2.24, 2.45) is 5.73 Å². The molecule has 2 aromatic rings. The molecular weight excluding hydrogens is 338 g/mol. The van der Waals surface area contributed by atoms with Gasteiger partial charge in [-0.05, 0) is 56.4 Å². The maximum absolute atomic E-state index is 12.5. The van der Waals surface area contributed by atoms with E-state index in [1.165, 1.54) is 12.0 Å². The summed E-state index contributed by atoms with van der Waals surface area (Å²) in [5.74, 6) is -0.550. The van der Waals surface area contributed by atoms with E-state index in [0.29, 0.717) is 24.1 Å². The zero-order chi connectivity index (χ0) is 19.2. The van der Waals surface area contributed by atoms with Gasteiger partial charge in [-0.1, -0.05) is 29.8 Å². The Morgan fingerprint density at radius 2 is 1.74 bits per heavy atom. The second kappa shape index (κ2) is 8.71. The molecule has 0 spiro atoms. The SMILES string of the molecule is Cc1ccc(CCC(=O)Nc2cc(C(N)=O)ccc2N2CCCCC2)cc1. The van der Waals surface area contributed by atoms with Crippen LogP contribution in [0.15, 0.2) is 42.5 Å². The van der Waals surface area contributed by atoms with Gasteiger partial charge in [-0.2, -0.15) is 0 Å². The number of nitrogens with zero attached hydrogens (tertiary/aromatic N) is 1. The zero-order valence-electron chi connectivity index (χ0n) is 15.8. The second-order valence-electron chi connectivity index (χ2n) is 7.18. The average molecular weight is 365 g/mol. The molecule has 1 aliphatic rings. The van der Waals surface area contributed by atoms with Crippen molar-refractivity contribution in [3.63, 3.8) is 0 Å². The number of hydrogen-bond acceptors (Lipinski definition) is 3. The third kappa shape index (κ3) is 5.09. The van der Waals surface area contributed by atoms with E-state index in [1.807, 2.05) is 13.0 Å². The summed E-state index contributed by atoms with van der Waals surface area (Å²) in [6.07, 6.45) is 4.58. The van der Waals surface area contributed by atoms with E-state index in [9.17, 15) is 9.59 Å². The Morgan fingerprint density at radius 3 is 2.41 bits per heavy atom. The third-order valence-corrected chi connectivity index (χ3v) is 5.01. The number of hydrogen-bond donors (Lipinski definition) is 2. The van der Waals surface area contributed by atoms with Gasteiger partial charge in [0.05, 0.1) is 11.4 Å². The minimum atomic E-state index is -0.490. The van der Waals surface area contributed by atoms with E-state index in [4.69, 9.17) is 5.73 Å². The molecule has 142 valence electrons. The van der Waals surface area contributed by atoms with Gasteiger partial charge in [-0.25, -0.2) is 0 Å². The number of anilines is 2. The summed E-state index contributed by atoms with van der Waals surface area (Å²) in [7, 11) is 0. The number of amides is 2. The van der Waals surface area contributed by atoms with Crippen molar-refractivity contribution in [2.45, 2.75) is 39.0 Å². The fourth-order valence-corrected chi connectivity index (χ4v) is 3.43. The Kier molecular flexibility index (Phi) is 6.12. The largest absolute Gasteiger partial charge is 0.370 e. The highest BCUT2D eigenvalue weighted by Gasteiger charge is 2.17. The van der Waals surface area contributed by atoms with Gasteiger partial charge in [0, 0.05) is 25.1 Å². The van der Waals surface area contributed by atoms with Crippen LogP contribution in [0, 0.1) is 6.92 Å². The molecule has 5 heteroatoms. The first-order valence-electron chi connectivity index (χ1n) is 9.57. The number of benzene rings is 2. The van der Waals surface area contributed by atoms with E-state index < -0.39 is 5.91 Å². The number of carbonyl (C=O) groups is 2. The normalized spacial score (nSPS) is 14.0. The number of carbonyl (C=O) groups excluding carboxylic acids is 2. The average Bonchev–Trinajstić information content (AvgIpc) is 2.68. The van der Waals surface area contributed by atoms with Crippen LogP contribution in [0.1, 0.15) is 47.2 Å². The molecule has 1 fully saturated rings. The summed E-state index contributed by atoms with van der Waals surface area (Å²) < 4.78 is 0. The molecule has 1 saturated heterocycles. The Bertz CT molecular complexity index is 809. The molecule has 3 N–H and O–H groups in total. The van der Waals surface area contributed by atoms with Gasteiger partial charge in [0.1, 0.15) is 0 Å². The van der Waals surface area contributed by atoms with E-state index in [2.05, 4.69) is 34.5 Å². The van der Waals surface area contributed by atoms with Crippen LogP contribution in [0.2, 0.25) is 0 Å². The van der Waals surface area contributed by atoms with Gasteiger partial charge in [0.25, 0.3) is 0 Å². The molecule has 0 atom stereocenters. The van der Waals surface area contributed by atoms with Crippen molar-refractivity contribution < 1.29 is 9.59 Å². The van der Waals surface area contributed by atoms with Gasteiger partial charge < -0.3 is 16.0 Å². The summed E-state index contributed by atoms with van der Waals surface area (Å²) in [6.45, 7) is 3.97. The van der Waals surface area contributed by atoms with Crippen molar-refractivity contribution in [1.29, 1.82) is 0 Å². The zero-order valence-corrected chi connectivity index (χ0v) is 15.8. The molecule has 0 aliphatic carbocycles. The standard InChI is InChI=1S/C22H27N3O2/c1-16-5-7-17(8-6-16)9-12-21(26)24-19-15-18(22(23)27)10-11-20(19)25-13-3-2-4-14-25/h5-8,10-11,15H,2-4,9,12-14H2,1H3,(H2,23,27)(H,24,26). The molecule has 3 rings (SSSR count). The summed E-state index contributed by atoms with van der Waals surface area (Å²) >= 11 is 0. The Labute approximate surface area is 160 Å². The highest BCUT2D eigenvalue weighted by molar-refractivity contribution is 5.99. The molecule has 0 bridgehead atoms. The molecule has 0 saturated carbocycles. The van der Waals surface area contributed by atoms with E-state index >= 15 is 0 Å². The lowest BCUT2D eigenvalue weighted by Crippen LogP contribution is -2.30. The monoisotopic (exact) mass is 365 g/mol. The van der Waals surface area contributed by atoms with Gasteiger partial charge in [0.2, 0.25) is 11.8 Å². The molecule has 5 nitrogen and oxygen atoms in total. The molecular formula is C22H27N3O2. The van der Waals surface area contributed by atoms with Crippen molar-refractivity contribution in [3.05, 3.63) is 59.2 Å². The minimum Gasteiger partial charge on any atom is -0.370 e. The first kappa shape index (κ1) is 19.0. The van der Waals surface area contributed by atoms with Crippen LogP contribution in [0.25, 0.3) is 0 Å². The Balaban J connectivity index is 1.72. The van der Waals surface area contributed by atoms with E-state index in [0.717, 1.165) is 37.2 Å². The third-order valence-electron chi connectivity index (χ3n) is 5.01. The van der Waals surface area contributed by atoms with Gasteiger partial charge >= 0.3 is 0 Å². The van der Waals surface area contributed by atoms with Crippen molar-refractivity contribution >= 4 is 23.2 Å². The van der Waals surface area contributed by atoms with Crippen LogP contribution >= 0.6 is 0 Å². The fraction of sp³-hybridized carbons (Fsp3) is 0.364. The predicted octanol–water partition coefficient (Wildman–Crippen LogP) is 3.66. The molecule has 1 heterocycles. The number of nitrogens with one attached hydrogen (secondary N) is 1.